The van der Waals surface area contributed by atoms with Crippen LogP contribution in [0.25, 0.3) is 11.5 Å². The second kappa shape index (κ2) is 11.9. The molecule has 2 N–H and O–H groups in total. The van der Waals surface area contributed by atoms with Crippen LogP contribution in [0.3, 0.4) is 0 Å². The van der Waals surface area contributed by atoms with Gasteiger partial charge in [-0.15, -0.1) is 24.0 Å². The van der Waals surface area contributed by atoms with Gasteiger partial charge in [0.25, 0.3) is 0 Å². The van der Waals surface area contributed by atoms with Gasteiger partial charge in [-0.2, -0.15) is 0 Å². The van der Waals surface area contributed by atoms with E-state index in [0.717, 1.165) is 56.1 Å². The second-order valence-electron chi connectivity index (χ2n) is 7.54. The van der Waals surface area contributed by atoms with Gasteiger partial charge in [0.2, 0.25) is 11.8 Å². The molecule has 2 heterocycles. The van der Waals surface area contributed by atoms with Gasteiger partial charge in [-0.25, -0.2) is 4.98 Å². The summed E-state index contributed by atoms with van der Waals surface area (Å²) in [4.78, 5) is 22.8. The lowest BCUT2D eigenvalue weighted by atomic mass is 9.93. The molecule has 0 radical (unpaired) electrons. The highest BCUT2D eigenvalue weighted by Gasteiger charge is 2.23. The maximum Gasteiger partial charge on any atom is 0.226 e. The number of oxazole rings is 1. The number of hydrogen-bond acceptors (Lipinski definition) is 4. The van der Waals surface area contributed by atoms with Gasteiger partial charge in [0, 0.05) is 52.1 Å². The molecule has 0 spiro atoms. The summed E-state index contributed by atoms with van der Waals surface area (Å²) in [5, 5.41) is 6.14. The Morgan fingerprint density at radius 1 is 1.27 bits per heavy atom. The van der Waals surface area contributed by atoms with Gasteiger partial charge in [-0.3, -0.25) is 9.79 Å². The van der Waals surface area contributed by atoms with Crippen molar-refractivity contribution in [2.75, 3.05) is 33.7 Å². The molecular formula is C22H32IN5O2. The van der Waals surface area contributed by atoms with Gasteiger partial charge in [-0.1, -0.05) is 17.7 Å². The van der Waals surface area contributed by atoms with Crippen LogP contribution in [-0.4, -0.2) is 55.5 Å². The van der Waals surface area contributed by atoms with Gasteiger partial charge in [0.05, 0.1) is 5.69 Å². The van der Waals surface area contributed by atoms with E-state index < -0.39 is 0 Å². The number of piperidine rings is 1. The number of aryl methyl sites for hydroxylation is 1. The summed E-state index contributed by atoms with van der Waals surface area (Å²) >= 11 is 0. The van der Waals surface area contributed by atoms with Crippen molar-refractivity contribution < 1.29 is 9.21 Å². The van der Waals surface area contributed by atoms with Crippen LogP contribution in [-0.2, 0) is 11.2 Å². The minimum absolute atomic E-state index is 0. The summed E-state index contributed by atoms with van der Waals surface area (Å²) in [6.45, 7) is 4.64. The lowest BCUT2D eigenvalue weighted by Crippen LogP contribution is -2.46. The van der Waals surface area contributed by atoms with E-state index in [1.54, 1.807) is 13.3 Å². The van der Waals surface area contributed by atoms with Crippen molar-refractivity contribution in [3.63, 3.8) is 0 Å². The third kappa shape index (κ3) is 6.72. The van der Waals surface area contributed by atoms with Crippen molar-refractivity contribution in [3.8, 4) is 11.5 Å². The molecule has 8 heteroatoms. The molecule has 1 aromatic carbocycles. The van der Waals surface area contributed by atoms with E-state index >= 15 is 0 Å². The van der Waals surface area contributed by atoms with Crippen LogP contribution in [0.15, 0.2) is 39.9 Å². The summed E-state index contributed by atoms with van der Waals surface area (Å²) in [5.41, 5.74) is 3.13. The maximum absolute atomic E-state index is 11.6. The Morgan fingerprint density at radius 3 is 2.60 bits per heavy atom. The summed E-state index contributed by atoms with van der Waals surface area (Å²) in [5.74, 6) is 2.15. The van der Waals surface area contributed by atoms with E-state index in [1.165, 1.54) is 5.56 Å². The fourth-order valence-corrected chi connectivity index (χ4v) is 3.60. The van der Waals surface area contributed by atoms with Gasteiger partial charge >= 0.3 is 0 Å². The zero-order valence-corrected chi connectivity index (χ0v) is 20.3. The summed E-state index contributed by atoms with van der Waals surface area (Å²) in [7, 11) is 3.51. The highest BCUT2D eigenvalue weighted by Crippen LogP contribution is 2.21. The SMILES string of the molecule is CN=C(NCCc1coc(-c2ccc(C)cc2)n1)N1CCC(CC(=O)NC)CC1.I. The largest absolute Gasteiger partial charge is 0.444 e. The summed E-state index contributed by atoms with van der Waals surface area (Å²) < 4.78 is 5.63. The first-order valence-electron chi connectivity index (χ1n) is 10.3. The van der Waals surface area contributed by atoms with Crippen molar-refractivity contribution in [1.29, 1.82) is 0 Å². The first kappa shape index (κ1) is 24.2. The number of guanidine groups is 1. The Labute approximate surface area is 195 Å². The number of carbonyl (C=O) groups excluding carboxylic acids is 1. The van der Waals surface area contributed by atoms with Crippen LogP contribution in [0, 0.1) is 12.8 Å². The third-order valence-electron chi connectivity index (χ3n) is 5.39. The van der Waals surface area contributed by atoms with Crippen LogP contribution in [0.5, 0.6) is 0 Å². The number of aromatic nitrogens is 1. The van der Waals surface area contributed by atoms with Crippen LogP contribution in [0.2, 0.25) is 0 Å². The maximum atomic E-state index is 11.6. The Morgan fingerprint density at radius 2 is 1.97 bits per heavy atom. The minimum Gasteiger partial charge on any atom is -0.444 e. The molecule has 1 fully saturated rings. The van der Waals surface area contributed by atoms with Crippen LogP contribution in [0.4, 0.5) is 0 Å². The second-order valence-corrected chi connectivity index (χ2v) is 7.54. The number of halogens is 1. The number of hydrogen-bond donors (Lipinski definition) is 2. The number of nitrogens with one attached hydrogen (secondary N) is 2. The van der Waals surface area contributed by atoms with Gasteiger partial charge in [-0.05, 0) is 37.8 Å². The molecule has 1 saturated heterocycles. The minimum atomic E-state index is 0. The first-order valence-corrected chi connectivity index (χ1v) is 10.3. The molecular weight excluding hydrogens is 493 g/mol. The number of rotatable bonds is 6. The number of amides is 1. The Balaban J connectivity index is 0.00000320. The zero-order chi connectivity index (χ0) is 20.6. The lowest BCUT2D eigenvalue weighted by Gasteiger charge is -2.34. The smallest absolute Gasteiger partial charge is 0.226 e. The van der Waals surface area contributed by atoms with E-state index in [4.69, 9.17) is 4.42 Å². The molecule has 0 unspecified atom stereocenters. The van der Waals surface area contributed by atoms with Gasteiger partial charge < -0.3 is 20.0 Å². The molecule has 164 valence electrons. The standard InChI is InChI=1S/C22H31N5O2.HI/c1-16-4-6-18(7-5-16)21-26-19(15-29-21)8-11-25-22(24-3)27-12-9-17(10-13-27)14-20(28)23-2;/h4-7,15,17H,8-14H2,1-3H3,(H,23,28)(H,24,25);1H. The highest BCUT2D eigenvalue weighted by atomic mass is 127. The average molecular weight is 525 g/mol. The molecule has 0 atom stereocenters. The van der Waals surface area contributed by atoms with Crippen LogP contribution >= 0.6 is 24.0 Å². The molecule has 1 amide bonds. The average Bonchev–Trinajstić information content (AvgIpc) is 3.21. The van der Waals surface area contributed by atoms with E-state index in [1.807, 2.05) is 19.2 Å². The van der Waals surface area contributed by atoms with E-state index in [0.29, 0.717) is 18.2 Å². The topological polar surface area (TPSA) is 82.8 Å². The Hall–Kier alpha value is -2.10. The van der Waals surface area contributed by atoms with Crippen molar-refractivity contribution in [2.45, 2.75) is 32.6 Å². The molecule has 3 rings (SSSR count). The summed E-state index contributed by atoms with van der Waals surface area (Å²) in [6, 6.07) is 8.17. The van der Waals surface area contributed by atoms with E-state index in [-0.39, 0.29) is 29.9 Å². The fourth-order valence-electron chi connectivity index (χ4n) is 3.60. The predicted molar refractivity (Wildman–Crippen MR) is 130 cm³/mol. The lowest BCUT2D eigenvalue weighted by molar-refractivity contribution is -0.121. The van der Waals surface area contributed by atoms with Gasteiger partial charge in [0.15, 0.2) is 5.96 Å². The number of likely N-dealkylation sites (tertiary alicyclic amines) is 1. The monoisotopic (exact) mass is 525 g/mol. The molecule has 0 aliphatic carbocycles. The Kier molecular flexibility index (Phi) is 9.61. The van der Waals surface area contributed by atoms with Crippen LogP contribution in [0.1, 0.15) is 30.5 Å². The van der Waals surface area contributed by atoms with Crippen LogP contribution < -0.4 is 10.6 Å². The molecule has 7 nitrogen and oxygen atoms in total. The van der Waals surface area contributed by atoms with E-state index in [2.05, 4.69) is 44.6 Å². The molecule has 1 aromatic heterocycles. The van der Waals surface area contributed by atoms with Crippen molar-refractivity contribution in [1.82, 2.24) is 20.5 Å². The fraction of sp³-hybridized carbons (Fsp3) is 0.500. The quantitative estimate of drug-likeness (QED) is 0.344. The molecule has 0 saturated carbocycles. The Bertz CT molecular complexity index is 826. The number of nitrogens with zero attached hydrogens (tertiary/aromatic N) is 3. The first-order chi connectivity index (χ1) is 14.1. The van der Waals surface area contributed by atoms with Gasteiger partial charge in [0.1, 0.15) is 6.26 Å². The number of carbonyl (C=O) groups is 1. The normalized spacial score (nSPS) is 14.9. The molecule has 0 bridgehead atoms. The van der Waals surface area contributed by atoms with Crippen molar-refractivity contribution in [2.24, 2.45) is 10.9 Å². The number of benzene rings is 1. The zero-order valence-electron chi connectivity index (χ0n) is 18.0. The summed E-state index contributed by atoms with van der Waals surface area (Å²) in [6.07, 6.45) is 5.13. The van der Waals surface area contributed by atoms with E-state index in [9.17, 15) is 4.79 Å². The predicted octanol–water partition coefficient (Wildman–Crippen LogP) is 3.23. The highest BCUT2D eigenvalue weighted by molar-refractivity contribution is 14.0. The molecule has 1 aliphatic rings. The number of aliphatic imine (C=N–C) groups is 1. The third-order valence-corrected chi connectivity index (χ3v) is 5.39. The van der Waals surface area contributed by atoms with Crippen molar-refractivity contribution >= 4 is 35.8 Å². The molecule has 30 heavy (non-hydrogen) atoms. The molecule has 2 aromatic rings. The molecule has 1 aliphatic heterocycles. The van der Waals surface area contributed by atoms with Crippen molar-refractivity contribution in [3.05, 3.63) is 41.8 Å².